The lowest BCUT2D eigenvalue weighted by molar-refractivity contribution is -0.214. The van der Waals surface area contributed by atoms with Gasteiger partial charge in [0.1, 0.15) is 0 Å². The lowest BCUT2D eigenvalue weighted by atomic mass is 10.1. The van der Waals surface area contributed by atoms with Crippen molar-refractivity contribution in [3.8, 4) is 0 Å². The second-order valence-electron chi connectivity index (χ2n) is 5.63. The zero-order valence-corrected chi connectivity index (χ0v) is 12.2. The highest BCUT2D eigenvalue weighted by Gasteiger charge is 2.36. The van der Waals surface area contributed by atoms with Crippen LogP contribution in [-0.2, 0) is 17.8 Å². The summed E-state index contributed by atoms with van der Waals surface area (Å²) in [6.07, 6.45) is -4.40. The largest absolute Gasteiger partial charge is 0.414 e. The van der Waals surface area contributed by atoms with Crippen LogP contribution in [0.5, 0.6) is 0 Å². The Kier molecular flexibility index (Phi) is 5.52. The summed E-state index contributed by atoms with van der Waals surface area (Å²) in [5.74, 6) is 0. The fourth-order valence-electron chi connectivity index (χ4n) is 1.30. The molecule has 1 atom stereocenters. The Bertz CT molecular complexity index is 412. The average molecular weight is 294 g/mol. The zero-order valence-electron chi connectivity index (χ0n) is 12.2. The van der Waals surface area contributed by atoms with Crippen LogP contribution in [0.1, 0.15) is 33.4 Å². The number of hydrogen-bond acceptors (Lipinski definition) is 4. The molecule has 0 saturated carbocycles. The van der Waals surface area contributed by atoms with Gasteiger partial charge in [0.05, 0.1) is 18.8 Å². The van der Waals surface area contributed by atoms with Crippen molar-refractivity contribution in [3.05, 3.63) is 11.9 Å². The van der Waals surface area contributed by atoms with Gasteiger partial charge in [0, 0.05) is 18.3 Å². The molecule has 1 unspecified atom stereocenters. The minimum atomic E-state index is -4.33. The van der Waals surface area contributed by atoms with Crippen molar-refractivity contribution in [2.75, 3.05) is 6.61 Å². The third-order valence-corrected chi connectivity index (χ3v) is 2.54. The van der Waals surface area contributed by atoms with E-state index in [-0.39, 0.29) is 18.7 Å². The Morgan fingerprint density at radius 1 is 1.35 bits per heavy atom. The molecule has 20 heavy (non-hydrogen) atoms. The molecule has 0 radical (unpaired) electrons. The Balaban J connectivity index is 2.34. The van der Waals surface area contributed by atoms with E-state index in [0.717, 1.165) is 12.6 Å². The van der Waals surface area contributed by atoms with Gasteiger partial charge in [0.15, 0.2) is 6.10 Å². The van der Waals surface area contributed by atoms with Crippen molar-refractivity contribution in [2.45, 2.75) is 58.6 Å². The SMILES string of the molecule is CC(OCCn1cc(CNC(C)(C)C)nn1)C(F)(F)F. The van der Waals surface area contributed by atoms with Crippen molar-refractivity contribution in [3.63, 3.8) is 0 Å². The van der Waals surface area contributed by atoms with Gasteiger partial charge in [-0.15, -0.1) is 5.10 Å². The van der Waals surface area contributed by atoms with Crippen LogP contribution in [0, 0.1) is 0 Å². The molecule has 0 aliphatic heterocycles. The third-order valence-electron chi connectivity index (χ3n) is 2.54. The first-order chi connectivity index (χ1) is 9.08. The standard InChI is InChI=1S/C12H21F3N4O/c1-9(12(13,14)15)20-6-5-19-8-10(17-18-19)7-16-11(2,3)4/h8-9,16H,5-7H2,1-4H3. The van der Waals surface area contributed by atoms with Crippen LogP contribution < -0.4 is 5.32 Å². The number of hydrogen-bond donors (Lipinski definition) is 1. The van der Waals surface area contributed by atoms with Gasteiger partial charge in [-0.1, -0.05) is 5.21 Å². The highest BCUT2D eigenvalue weighted by Crippen LogP contribution is 2.22. The van der Waals surface area contributed by atoms with Gasteiger partial charge in [-0.05, 0) is 27.7 Å². The molecule has 5 nitrogen and oxygen atoms in total. The summed E-state index contributed by atoms with van der Waals surface area (Å²) in [7, 11) is 0. The molecule has 0 aliphatic carbocycles. The van der Waals surface area contributed by atoms with E-state index in [0.29, 0.717) is 6.54 Å². The molecule has 0 fully saturated rings. The average Bonchev–Trinajstić information content (AvgIpc) is 2.72. The lowest BCUT2D eigenvalue weighted by Gasteiger charge is -2.19. The normalized spacial score (nSPS) is 14.6. The quantitative estimate of drug-likeness (QED) is 0.873. The third kappa shape index (κ3) is 6.33. The minimum absolute atomic E-state index is 0.0327. The van der Waals surface area contributed by atoms with Crippen LogP contribution in [0.25, 0.3) is 0 Å². The summed E-state index contributed by atoms with van der Waals surface area (Å²) in [4.78, 5) is 0. The summed E-state index contributed by atoms with van der Waals surface area (Å²) in [5, 5.41) is 11.0. The minimum Gasteiger partial charge on any atom is -0.367 e. The number of nitrogens with zero attached hydrogens (tertiary/aromatic N) is 3. The number of aromatic nitrogens is 3. The predicted molar refractivity (Wildman–Crippen MR) is 68.1 cm³/mol. The summed E-state index contributed by atoms with van der Waals surface area (Å²) in [5.41, 5.74) is 0.707. The summed E-state index contributed by atoms with van der Waals surface area (Å²) < 4.78 is 42.8. The number of nitrogens with one attached hydrogen (secondary N) is 1. The van der Waals surface area contributed by atoms with Crippen molar-refractivity contribution < 1.29 is 17.9 Å². The monoisotopic (exact) mass is 294 g/mol. The van der Waals surface area contributed by atoms with Crippen molar-refractivity contribution in [1.29, 1.82) is 0 Å². The highest BCUT2D eigenvalue weighted by atomic mass is 19.4. The van der Waals surface area contributed by atoms with Crippen LogP contribution in [-0.4, -0.2) is 39.4 Å². The molecular formula is C12H21F3N4O. The molecule has 1 N–H and O–H groups in total. The molecular weight excluding hydrogens is 273 g/mol. The van der Waals surface area contributed by atoms with E-state index in [1.54, 1.807) is 6.20 Å². The molecule has 1 heterocycles. The van der Waals surface area contributed by atoms with E-state index >= 15 is 0 Å². The van der Waals surface area contributed by atoms with Crippen molar-refractivity contribution in [2.24, 2.45) is 0 Å². The second-order valence-corrected chi connectivity index (χ2v) is 5.63. The van der Waals surface area contributed by atoms with Crippen LogP contribution in [0.15, 0.2) is 6.20 Å². The van der Waals surface area contributed by atoms with E-state index in [4.69, 9.17) is 4.74 Å². The van der Waals surface area contributed by atoms with Gasteiger partial charge in [-0.25, -0.2) is 4.68 Å². The van der Waals surface area contributed by atoms with Gasteiger partial charge in [-0.2, -0.15) is 13.2 Å². The van der Waals surface area contributed by atoms with Crippen LogP contribution in [0.4, 0.5) is 13.2 Å². The zero-order chi connectivity index (χ0) is 15.4. The van der Waals surface area contributed by atoms with Crippen molar-refractivity contribution in [1.82, 2.24) is 20.3 Å². The van der Waals surface area contributed by atoms with Gasteiger partial charge >= 0.3 is 6.18 Å². The first kappa shape index (κ1) is 16.9. The maximum absolute atomic E-state index is 12.2. The molecule has 0 aliphatic rings. The Hall–Kier alpha value is -1.15. The number of alkyl halides is 3. The Morgan fingerprint density at radius 2 is 2.00 bits per heavy atom. The summed E-state index contributed by atoms with van der Waals surface area (Å²) >= 11 is 0. The van der Waals surface area contributed by atoms with Gasteiger partial charge in [0.2, 0.25) is 0 Å². The Labute approximate surface area is 116 Å². The number of rotatable bonds is 6. The van der Waals surface area contributed by atoms with Gasteiger partial charge in [0.25, 0.3) is 0 Å². The number of halogens is 3. The molecule has 1 aromatic heterocycles. The molecule has 0 aromatic carbocycles. The van der Waals surface area contributed by atoms with Crippen LogP contribution >= 0.6 is 0 Å². The highest BCUT2D eigenvalue weighted by molar-refractivity contribution is 4.93. The fraction of sp³-hybridized carbons (Fsp3) is 0.833. The molecule has 1 rings (SSSR count). The molecule has 0 spiro atoms. The second kappa shape index (κ2) is 6.53. The maximum atomic E-state index is 12.2. The van der Waals surface area contributed by atoms with E-state index in [2.05, 4.69) is 15.6 Å². The lowest BCUT2D eigenvalue weighted by Crippen LogP contribution is -2.35. The number of ether oxygens (including phenoxy) is 1. The first-order valence-electron chi connectivity index (χ1n) is 6.40. The summed E-state index contributed by atoms with van der Waals surface area (Å²) in [6, 6.07) is 0. The van der Waals surface area contributed by atoms with Crippen LogP contribution in [0.3, 0.4) is 0 Å². The van der Waals surface area contributed by atoms with E-state index in [1.165, 1.54) is 4.68 Å². The van der Waals surface area contributed by atoms with E-state index < -0.39 is 12.3 Å². The topological polar surface area (TPSA) is 52.0 Å². The molecule has 0 bridgehead atoms. The fourth-order valence-corrected chi connectivity index (χ4v) is 1.30. The predicted octanol–water partition coefficient (Wildman–Crippen LogP) is 2.13. The van der Waals surface area contributed by atoms with Crippen LogP contribution in [0.2, 0.25) is 0 Å². The van der Waals surface area contributed by atoms with Crippen molar-refractivity contribution >= 4 is 0 Å². The summed E-state index contributed by atoms with van der Waals surface area (Å²) in [6.45, 7) is 7.82. The first-order valence-corrected chi connectivity index (χ1v) is 6.40. The molecule has 0 amide bonds. The smallest absolute Gasteiger partial charge is 0.367 e. The molecule has 116 valence electrons. The van der Waals surface area contributed by atoms with Gasteiger partial charge < -0.3 is 10.1 Å². The van der Waals surface area contributed by atoms with E-state index in [1.807, 2.05) is 20.8 Å². The molecule has 0 saturated heterocycles. The molecule has 1 aromatic rings. The Morgan fingerprint density at radius 3 is 2.55 bits per heavy atom. The van der Waals surface area contributed by atoms with E-state index in [9.17, 15) is 13.2 Å². The maximum Gasteiger partial charge on any atom is 0.414 e. The molecule has 8 heteroatoms. The van der Waals surface area contributed by atoms with Gasteiger partial charge in [-0.3, -0.25) is 0 Å².